The summed E-state index contributed by atoms with van der Waals surface area (Å²) in [5.74, 6) is 0.426. The van der Waals surface area contributed by atoms with Gasteiger partial charge in [0.05, 0.1) is 5.69 Å². The number of likely N-dealkylation sites (N-methyl/N-ethyl adjacent to an activating group) is 1. The normalized spacial score (nSPS) is 18.6. The van der Waals surface area contributed by atoms with Crippen LogP contribution in [0.5, 0.6) is 11.5 Å². The van der Waals surface area contributed by atoms with Crippen LogP contribution < -0.4 is 14.8 Å². The average molecular weight is 477 g/mol. The van der Waals surface area contributed by atoms with Crippen molar-refractivity contribution in [3.63, 3.8) is 0 Å². The summed E-state index contributed by atoms with van der Waals surface area (Å²) in [4.78, 5) is 41.8. The number of amides is 4. The molecule has 0 saturated carbocycles. The standard InChI is InChI=1S/C23H23N7O5/c1-3-28(11-15-7-8-18-19(9-15)35-14-34-18)20(31)12-29-21(32)23(2,25-22(29)33)16-5-4-6-17(10-16)30-13-24-26-27-30/h4-10,13H,3,11-12,14H2,1-2H3,(H,25,33). The molecule has 12 heteroatoms. The lowest BCUT2D eigenvalue weighted by atomic mass is 9.91. The van der Waals surface area contributed by atoms with Crippen molar-refractivity contribution in [1.82, 2.24) is 35.3 Å². The number of nitrogens with one attached hydrogen (secondary N) is 1. The molecule has 1 fully saturated rings. The smallest absolute Gasteiger partial charge is 0.325 e. The number of carbonyl (C=O) groups excluding carboxylic acids is 3. The Bertz CT molecular complexity index is 1300. The molecule has 180 valence electrons. The number of hydrogen-bond acceptors (Lipinski definition) is 8. The van der Waals surface area contributed by atoms with Gasteiger partial charge in [-0.15, -0.1) is 5.10 Å². The Kier molecular flexibility index (Phi) is 5.55. The minimum absolute atomic E-state index is 0.165. The summed E-state index contributed by atoms with van der Waals surface area (Å²) in [5, 5.41) is 13.8. The van der Waals surface area contributed by atoms with Crippen molar-refractivity contribution < 1.29 is 23.9 Å². The number of ether oxygens (including phenoxy) is 2. The minimum atomic E-state index is -1.34. The molecule has 1 aromatic heterocycles. The zero-order chi connectivity index (χ0) is 24.6. The first-order chi connectivity index (χ1) is 16.9. The van der Waals surface area contributed by atoms with E-state index in [4.69, 9.17) is 9.47 Å². The van der Waals surface area contributed by atoms with Crippen LogP contribution in [0, 0.1) is 0 Å². The average Bonchev–Trinajstić information content (AvgIpc) is 3.60. The fourth-order valence-electron chi connectivity index (χ4n) is 4.15. The molecular formula is C23H23N7O5. The first-order valence-electron chi connectivity index (χ1n) is 11.0. The van der Waals surface area contributed by atoms with E-state index in [1.807, 2.05) is 19.1 Å². The number of fused-ring (bicyclic) bond motifs is 1. The summed E-state index contributed by atoms with van der Waals surface area (Å²) in [5.41, 5.74) is 0.694. The summed E-state index contributed by atoms with van der Waals surface area (Å²) < 4.78 is 12.2. The number of urea groups is 1. The quantitative estimate of drug-likeness (QED) is 0.502. The number of rotatable bonds is 7. The Balaban J connectivity index is 1.31. The molecule has 3 aromatic rings. The van der Waals surface area contributed by atoms with Gasteiger partial charge in [-0.25, -0.2) is 9.48 Å². The van der Waals surface area contributed by atoms with Crippen molar-refractivity contribution in [2.24, 2.45) is 0 Å². The van der Waals surface area contributed by atoms with Crippen molar-refractivity contribution >= 4 is 17.8 Å². The molecule has 0 aliphatic carbocycles. The Morgan fingerprint density at radius 3 is 2.77 bits per heavy atom. The second-order valence-corrected chi connectivity index (χ2v) is 8.35. The van der Waals surface area contributed by atoms with Crippen LogP contribution in [0.1, 0.15) is 25.0 Å². The lowest BCUT2D eigenvalue weighted by Crippen LogP contribution is -2.44. The Hall–Kier alpha value is -4.48. The molecule has 1 unspecified atom stereocenters. The van der Waals surface area contributed by atoms with Gasteiger partial charge in [0.1, 0.15) is 18.4 Å². The van der Waals surface area contributed by atoms with Crippen LogP contribution in [0.15, 0.2) is 48.8 Å². The van der Waals surface area contributed by atoms with Gasteiger partial charge in [0.2, 0.25) is 12.7 Å². The van der Waals surface area contributed by atoms with Gasteiger partial charge in [-0.3, -0.25) is 14.5 Å². The number of hydrogen-bond donors (Lipinski definition) is 1. The molecule has 0 radical (unpaired) electrons. The molecule has 3 heterocycles. The van der Waals surface area contributed by atoms with E-state index in [-0.39, 0.29) is 19.2 Å². The van der Waals surface area contributed by atoms with E-state index in [2.05, 4.69) is 20.8 Å². The van der Waals surface area contributed by atoms with Crippen LogP contribution in [-0.4, -0.2) is 67.7 Å². The lowest BCUT2D eigenvalue weighted by molar-refractivity contribution is -0.139. The van der Waals surface area contributed by atoms with E-state index < -0.39 is 17.5 Å². The largest absolute Gasteiger partial charge is 0.454 e. The van der Waals surface area contributed by atoms with E-state index in [0.29, 0.717) is 35.8 Å². The summed E-state index contributed by atoms with van der Waals surface area (Å²) >= 11 is 0. The molecular weight excluding hydrogens is 454 g/mol. The van der Waals surface area contributed by atoms with Crippen molar-refractivity contribution in [2.45, 2.75) is 25.9 Å². The number of carbonyl (C=O) groups is 3. The second-order valence-electron chi connectivity index (χ2n) is 8.35. The molecule has 2 aliphatic heterocycles. The van der Waals surface area contributed by atoms with Crippen molar-refractivity contribution in [3.8, 4) is 17.2 Å². The molecule has 1 saturated heterocycles. The van der Waals surface area contributed by atoms with Crippen LogP contribution in [0.2, 0.25) is 0 Å². The molecule has 1 atom stereocenters. The minimum Gasteiger partial charge on any atom is -0.454 e. The van der Waals surface area contributed by atoms with E-state index in [1.165, 1.54) is 11.0 Å². The third kappa shape index (κ3) is 4.03. The monoisotopic (exact) mass is 477 g/mol. The fraction of sp³-hybridized carbons (Fsp3) is 0.304. The maximum atomic E-state index is 13.4. The molecule has 4 amide bonds. The van der Waals surface area contributed by atoms with Gasteiger partial charge >= 0.3 is 6.03 Å². The fourth-order valence-corrected chi connectivity index (χ4v) is 4.15. The number of tetrazole rings is 1. The third-order valence-electron chi connectivity index (χ3n) is 6.15. The number of nitrogens with zero attached hydrogens (tertiary/aromatic N) is 6. The Labute approximate surface area is 200 Å². The number of aromatic nitrogens is 4. The van der Waals surface area contributed by atoms with Crippen LogP contribution in [0.25, 0.3) is 5.69 Å². The lowest BCUT2D eigenvalue weighted by Gasteiger charge is -2.25. The summed E-state index contributed by atoms with van der Waals surface area (Å²) in [6, 6.07) is 11.8. The molecule has 5 rings (SSSR count). The van der Waals surface area contributed by atoms with Gasteiger partial charge in [-0.05, 0) is 59.7 Å². The second kappa shape index (κ2) is 8.70. The van der Waals surface area contributed by atoms with Gasteiger partial charge in [-0.1, -0.05) is 18.2 Å². The highest BCUT2D eigenvalue weighted by atomic mass is 16.7. The van der Waals surface area contributed by atoms with Crippen LogP contribution in [0.3, 0.4) is 0 Å². The van der Waals surface area contributed by atoms with E-state index in [0.717, 1.165) is 10.5 Å². The first kappa shape index (κ1) is 22.3. The van der Waals surface area contributed by atoms with Gasteiger partial charge < -0.3 is 19.7 Å². The van der Waals surface area contributed by atoms with Crippen LogP contribution >= 0.6 is 0 Å². The highest BCUT2D eigenvalue weighted by molar-refractivity contribution is 6.09. The summed E-state index contributed by atoms with van der Waals surface area (Å²) in [6.07, 6.45) is 1.43. The molecule has 0 bridgehead atoms. The Morgan fingerprint density at radius 1 is 1.17 bits per heavy atom. The molecule has 12 nitrogen and oxygen atoms in total. The maximum absolute atomic E-state index is 13.4. The van der Waals surface area contributed by atoms with E-state index in [1.54, 1.807) is 42.2 Å². The summed E-state index contributed by atoms with van der Waals surface area (Å²) in [6.45, 7) is 3.96. The van der Waals surface area contributed by atoms with Gasteiger partial charge in [-0.2, -0.15) is 0 Å². The van der Waals surface area contributed by atoms with Crippen molar-refractivity contribution in [2.75, 3.05) is 19.9 Å². The zero-order valence-electron chi connectivity index (χ0n) is 19.2. The van der Waals surface area contributed by atoms with E-state index in [9.17, 15) is 14.4 Å². The maximum Gasteiger partial charge on any atom is 0.325 e. The molecule has 35 heavy (non-hydrogen) atoms. The predicted molar refractivity (Wildman–Crippen MR) is 120 cm³/mol. The molecule has 1 N–H and O–H groups in total. The topological polar surface area (TPSA) is 132 Å². The van der Waals surface area contributed by atoms with Crippen molar-refractivity contribution in [1.29, 1.82) is 0 Å². The van der Waals surface area contributed by atoms with Crippen molar-refractivity contribution in [3.05, 3.63) is 59.9 Å². The van der Waals surface area contributed by atoms with Gasteiger partial charge in [0, 0.05) is 13.1 Å². The molecule has 2 aromatic carbocycles. The molecule has 2 aliphatic rings. The third-order valence-corrected chi connectivity index (χ3v) is 6.15. The number of benzene rings is 2. The Morgan fingerprint density at radius 2 is 2.00 bits per heavy atom. The van der Waals surface area contributed by atoms with Gasteiger partial charge in [0.25, 0.3) is 5.91 Å². The highest BCUT2D eigenvalue weighted by Gasteiger charge is 2.49. The van der Waals surface area contributed by atoms with E-state index >= 15 is 0 Å². The number of imide groups is 1. The summed E-state index contributed by atoms with van der Waals surface area (Å²) in [7, 11) is 0. The highest BCUT2D eigenvalue weighted by Crippen LogP contribution is 2.33. The van der Waals surface area contributed by atoms with Gasteiger partial charge in [0.15, 0.2) is 11.5 Å². The first-order valence-corrected chi connectivity index (χ1v) is 11.0. The predicted octanol–water partition coefficient (Wildman–Crippen LogP) is 1.21. The molecule has 0 spiro atoms. The SMILES string of the molecule is CCN(Cc1ccc2c(c1)OCO2)C(=O)CN1C(=O)NC(C)(c2cccc(-n3cnnn3)c2)C1=O. The zero-order valence-corrected chi connectivity index (χ0v) is 19.2. The van der Waals surface area contributed by atoms with Crippen LogP contribution in [-0.2, 0) is 21.7 Å². The van der Waals surface area contributed by atoms with Crippen LogP contribution in [0.4, 0.5) is 4.79 Å².